The molecule has 0 N–H and O–H groups in total. The molecule has 0 saturated carbocycles. The summed E-state index contributed by atoms with van der Waals surface area (Å²) in [5.74, 6) is 0. The molecule has 0 fully saturated rings. The Morgan fingerprint density at radius 3 is 1.19 bits per heavy atom. The smallest absolute Gasteiger partial charge is 0.416 e. The van der Waals surface area contributed by atoms with Crippen LogP contribution in [0.2, 0.25) is 0 Å². The quantitative estimate of drug-likeness (QED) is 0.166. The van der Waals surface area contributed by atoms with Crippen molar-refractivity contribution in [3.63, 3.8) is 0 Å². The van der Waals surface area contributed by atoms with E-state index in [0.29, 0.717) is 33.7 Å². The molecule has 0 radical (unpaired) electrons. The number of fused-ring (bicyclic) bond motifs is 9. The average Bonchev–Trinajstić information content (AvgIpc) is 3.85. The van der Waals surface area contributed by atoms with Crippen LogP contribution in [0.15, 0.2) is 179 Å². The number of halogens is 3. The molecule has 9 heteroatoms. The van der Waals surface area contributed by atoms with E-state index in [0.717, 1.165) is 94.7 Å². The Labute approximate surface area is 358 Å². The highest BCUT2D eigenvalue weighted by molar-refractivity contribution is 6.27. The highest BCUT2D eigenvalue weighted by Gasteiger charge is 2.30. The van der Waals surface area contributed by atoms with E-state index in [1.807, 2.05) is 65.6 Å². The van der Waals surface area contributed by atoms with Crippen molar-refractivity contribution in [2.75, 3.05) is 9.80 Å². The highest BCUT2D eigenvalue weighted by atomic mass is 19.4. The fourth-order valence-corrected chi connectivity index (χ4v) is 8.63. The molecule has 300 valence electrons. The van der Waals surface area contributed by atoms with Gasteiger partial charge in [0.2, 0.25) is 0 Å². The Bertz CT molecular complexity index is 3690. The molecule has 2 heterocycles. The lowest BCUT2D eigenvalue weighted by atomic mass is 10.0. The normalized spacial score (nSPS) is 11.8. The number of rotatable bonds is 6. The van der Waals surface area contributed by atoms with Gasteiger partial charge in [-0.25, -0.2) is 0 Å². The van der Waals surface area contributed by atoms with Gasteiger partial charge in [-0.2, -0.15) is 23.7 Å². The molecule has 63 heavy (non-hydrogen) atoms. The van der Waals surface area contributed by atoms with Gasteiger partial charge in [0.25, 0.3) is 0 Å². The van der Waals surface area contributed by atoms with Gasteiger partial charge in [0, 0.05) is 55.7 Å². The average molecular weight is 825 g/mol. The summed E-state index contributed by atoms with van der Waals surface area (Å²) >= 11 is 0. The lowest BCUT2D eigenvalue weighted by Gasteiger charge is -2.26. The van der Waals surface area contributed by atoms with E-state index in [4.69, 9.17) is 8.83 Å². The Morgan fingerprint density at radius 1 is 0.413 bits per heavy atom. The van der Waals surface area contributed by atoms with Crippen LogP contribution in [0, 0.1) is 29.6 Å². The van der Waals surface area contributed by atoms with Gasteiger partial charge >= 0.3 is 6.18 Å². The van der Waals surface area contributed by atoms with Crippen LogP contribution < -0.4 is 9.80 Å². The third-order valence-electron chi connectivity index (χ3n) is 11.7. The number of aryl methyl sites for hydroxylation is 1. The molecule has 0 bridgehead atoms. The minimum absolute atomic E-state index is 0.472. The zero-order chi connectivity index (χ0) is 43.0. The minimum Gasteiger partial charge on any atom is -0.456 e. The summed E-state index contributed by atoms with van der Waals surface area (Å²) in [7, 11) is 0. The molecule has 11 aromatic rings. The number of hydrogen-bond acceptors (Lipinski definition) is 6. The zero-order valence-corrected chi connectivity index (χ0v) is 33.4. The fourth-order valence-electron chi connectivity index (χ4n) is 8.63. The van der Waals surface area contributed by atoms with E-state index in [2.05, 4.69) is 84.6 Å². The number of furan rings is 2. The number of hydrogen-bond donors (Lipinski definition) is 0. The van der Waals surface area contributed by atoms with Crippen LogP contribution in [0.3, 0.4) is 0 Å². The molecular formula is C54H31F3N4O2. The van der Waals surface area contributed by atoms with Gasteiger partial charge in [0.15, 0.2) is 0 Å². The molecule has 0 amide bonds. The lowest BCUT2D eigenvalue weighted by molar-refractivity contribution is -0.137. The van der Waals surface area contributed by atoms with Crippen molar-refractivity contribution < 1.29 is 22.0 Å². The van der Waals surface area contributed by atoms with E-state index < -0.39 is 11.7 Å². The van der Waals surface area contributed by atoms with Crippen LogP contribution >= 0.6 is 0 Å². The molecule has 2 aromatic heterocycles. The fraction of sp³-hybridized carbons (Fsp3) is 0.0370. The predicted molar refractivity (Wildman–Crippen MR) is 245 cm³/mol. The Balaban J connectivity index is 1.02. The van der Waals surface area contributed by atoms with Crippen LogP contribution in [0.4, 0.5) is 47.3 Å². The number of alkyl halides is 3. The van der Waals surface area contributed by atoms with Crippen molar-refractivity contribution >= 4 is 99.5 Å². The Morgan fingerprint density at radius 2 is 0.794 bits per heavy atom. The third-order valence-corrected chi connectivity index (χ3v) is 11.7. The summed E-state index contributed by atoms with van der Waals surface area (Å²) in [6, 6.07) is 56.8. The molecule has 6 nitrogen and oxygen atoms in total. The molecule has 9 aromatic carbocycles. The number of nitriles is 2. The van der Waals surface area contributed by atoms with Crippen molar-refractivity contribution in [2.24, 2.45) is 0 Å². The van der Waals surface area contributed by atoms with Crippen LogP contribution in [0.1, 0.15) is 22.3 Å². The van der Waals surface area contributed by atoms with Crippen LogP contribution in [-0.4, -0.2) is 0 Å². The van der Waals surface area contributed by atoms with Crippen molar-refractivity contribution in [3.05, 3.63) is 192 Å². The largest absolute Gasteiger partial charge is 0.456 e. The van der Waals surface area contributed by atoms with E-state index in [1.165, 1.54) is 12.1 Å². The second-order valence-electron chi connectivity index (χ2n) is 15.6. The van der Waals surface area contributed by atoms with E-state index in [1.54, 1.807) is 24.3 Å². The predicted octanol–water partition coefficient (Wildman–Crippen LogP) is 15.8. The molecule has 0 saturated heterocycles. The first-order valence-corrected chi connectivity index (χ1v) is 20.2. The summed E-state index contributed by atoms with van der Waals surface area (Å²) in [5.41, 5.74) is 9.20. The van der Waals surface area contributed by atoms with Crippen LogP contribution in [0.25, 0.3) is 65.4 Å². The van der Waals surface area contributed by atoms with Gasteiger partial charge < -0.3 is 18.6 Å². The molecule has 0 aliphatic rings. The molecule has 0 atom stereocenters. The maximum absolute atomic E-state index is 13.5. The first-order chi connectivity index (χ1) is 30.6. The number of benzene rings is 9. The number of nitrogens with zero attached hydrogens (tertiary/aromatic N) is 4. The summed E-state index contributed by atoms with van der Waals surface area (Å²) < 4.78 is 53.7. The summed E-state index contributed by atoms with van der Waals surface area (Å²) in [4.78, 5) is 4.04. The minimum atomic E-state index is -4.47. The highest BCUT2D eigenvalue weighted by Crippen LogP contribution is 2.45. The van der Waals surface area contributed by atoms with Gasteiger partial charge in [-0.15, -0.1) is 0 Å². The standard InChI is InChI=1S/C54H31F3N4O2/c1-32-2-12-40(13-3-32)60(41-14-4-33(30-58)5-15-41)44-18-8-35-26-46-50(28-37(35)24-44)62-48-22-23-49-53(52(46)48)47-27-36-9-19-45(25-38(36)29-51(47)63-49)61(42-16-6-34(31-59)7-17-42)43-20-10-39(11-21-43)54(55,56)57/h2-29H,1H3. The van der Waals surface area contributed by atoms with E-state index in [9.17, 15) is 23.7 Å². The van der Waals surface area contributed by atoms with Crippen molar-refractivity contribution in [3.8, 4) is 12.1 Å². The Hall–Kier alpha value is -8.53. The first kappa shape index (κ1) is 37.5. The molecule has 0 spiro atoms. The van der Waals surface area contributed by atoms with Crippen molar-refractivity contribution in [2.45, 2.75) is 13.1 Å². The third kappa shape index (κ3) is 6.43. The maximum atomic E-state index is 13.5. The van der Waals surface area contributed by atoms with Crippen molar-refractivity contribution in [1.29, 1.82) is 10.5 Å². The van der Waals surface area contributed by atoms with E-state index >= 15 is 0 Å². The van der Waals surface area contributed by atoms with Gasteiger partial charge in [-0.05, 0) is 174 Å². The van der Waals surface area contributed by atoms with Crippen LogP contribution in [-0.2, 0) is 6.18 Å². The number of anilines is 6. The SMILES string of the molecule is Cc1ccc(N(c2ccc(C#N)cc2)c2ccc3cc4c(cc3c2)oc2ccc3oc5cc6cc(N(c7ccc(C#N)cc7)c7ccc(C(F)(F)F)cc7)ccc6cc5c3c24)cc1. The molecule has 11 rings (SSSR count). The van der Waals surface area contributed by atoms with Gasteiger partial charge in [-0.3, -0.25) is 0 Å². The van der Waals surface area contributed by atoms with Gasteiger partial charge in [0.05, 0.1) is 28.8 Å². The zero-order valence-electron chi connectivity index (χ0n) is 33.4. The second kappa shape index (κ2) is 14.3. The Kier molecular flexibility index (Phi) is 8.50. The molecule has 0 aliphatic carbocycles. The maximum Gasteiger partial charge on any atom is 0.416 e. The second-order valence-corrected chi connectivity index (χ2v) is 15.6. The van der Waals surface area contributed by atoms with E-state index in [-0.39, 0.29) is 0 Å². The lowest BCUT2D eigenvalue weighted by Crippen LogP contribution is -2.11. The molecule has 0 aliphatic heterocycles. The van der Waals surface area contributed by atoms with Crippen molar-refractivity contribution in [1.82, 2.24) is 0 Å². The molecule has 0 unspecified atom stereocenters. The topological polar surface area (TPSA) is 80.3 Å². The van der Waals surface area contributed by atoms with Gasteiger partial charge in [0.1, 0.15) is 22.3 Å². The first-order valence-electron chi connectivity index (χ1n) is 20.2. The monoisotopic (exact) mass is 824 g/mol. The van der Waals surface area contributed by atoms with Crippen LogP contribution in [0.5, 0.6) is 0 Å². The summed E-state index contributed by atoms with van der Waals surface area (Å²) in [5, 5.41) is 26.5. The molecular weight excluding hydrogens is 794 g/mol. The summed E-state index contributed by atoms with van der Waals surface area (Å²) in [6.45, 7) is 2.06. The van der Waals surface area contributed by atoms with Gasteiger partial charge in [-0.1, -0.05) is 29.8 Å². The summed E-state index contributed by atoms with van der Waals surface area (Å²) in [6.07, 6.45) is -4.47.